The Kier molecular flexibility index (Phi) is 4.94. The first kappa shape index (κ1) is 18.6. The van der Waals surface area contributed by atoms with Crippen molar-refractivity contribution in [1.29, 1.82) is 0 Å². The van der Waals surface area contributed by atoms with Gasteiger partial charge in [-0.3, -0.25) is 19.7 Å². The van der Waals surface area contributed by atoms with E-state index in [4.69, 9.17) is 0 Å². The number of benzene rings is 2. The fraction of sp³-hybridized carbons (Fsp3) is 0.300. The lowest BCUT2D eigenvalue weighted by atomic mass is 10.1. The molecule has 1 aliphatic heterocycles. The van der Waals surface area contributed by atoms with Crippen molar-refractivity contribution < 1.29 is 14.5 Å². The van der Waals surface area contributed by atoms with E-state index in [1.54, 1.807) is 24.0 Å². The van der Waals surface area contributed by atoms with Crippen LogP contribution in [0.15, 0.2) is 36.4 Å². The summed E-state index contributed by atoms with van der Waals surface area (Å²) in [6.45, 7) is 5.87. The first-order valence-corrected chi connectivity index (χ1v) is 8.70. The van der Waals surface area contributed by atoms with Crippen molar-refractivity contribution in [3.63, 3.8) is 0 Å². The fourth-order valence-electron chi connectivity index (χ4n) is 3.27. The van der Waals surface area contributed by atoms with E-state index in [9.17, 15) is 19.7 Å². The van der Waals surface area contributed by atoms with Crippen molar-refractivity contribution in [3.8, 4) is 0 Å². The van der Waals surface area contributed by atoms with E-state index in [1.165, 1.54) is 6.07 Å². The number of aryl methyl sites for hydroxylation is 2. The summed E-state index contributed by atoms with van der Waals surface area (Å²) in [5, 5.41) is 13.8. The van der Waals surface area contributed by atoms with Gasteiger partial charge in [0.2, 0.25) is 11.8 Å². The van der Waals surface area contributed by atoms with Gasteiger partial charge in [-0.2, -0.15) is 0 Å². The normalized spacial score (nSPS) is 16.5. The molecule has 0 radical (unpaired) electrons. The Morgan fingerprint density at radius 2 is 1.93 bits per heavy atom. The highest BCUT2D eigenvalue weighted by Gasteiger charge is 2.36. The van der Waals surface area contributed by atoms with Crippen LogP contribution >= 0.6 is 0 Å². The average molecular weight is 367 g/mol. The zero-order valence-corrected chi connectivity index (χ0v) is 15.5. The molecule has 27 heavy (non-hydrogen) atoms. The largest absolute Gasteiger partial charge is 0.326 e. The second-order valence-electron chi connectivity index (χ2n) is 6.87. The predicted octanol–water partition coefficient (Wildman–Crippen LogP) is 3.51. The van der Waals surface area contributed by atoms with Crippen LogP contribution in [-0.2, 0) is 9.59 Å². The number of carbonyl (C=O) groups excluding carboxylic acids is 2. The third-order valence-electron chi connectivity index (χ3n) is 5.04. The maximum Gasteiger partial charge on any atom is 0.274 e. The van der Waals surface area contributed by atoms with Gasteiger partial charge in [-0.1, -0.05) is 18.2 Å². The first-order valence-electron chi connectivity index (χ1n) is 8.70. The van der Waals surface area contributed by atoms with Gasteiger partial charge >= 0.3 is 0 Å². The molecule has 1 unspecified atom stereocenters. The predicted molar refractivity (Wildman–Crippen MR) is 103 cm³/mol. The standard InChI is InChI=1S/C20H21N3O4/c1-12-5-4-6-17(14(12)3)22-11-15(9-19(22)24)20(25)21-16-8-7-13(2)18(10-16)23(26)27/h4-8,10,15H,9,11H2,1-3H3,(H,21,25). The van der Waals surface area contributed by atoms with Crippen LogP contribution in [0, 0.1) is 36.8 Å². The van der Waals surface area contributed by atoms with Crippen LogP contribution in [0.25, 0.3) is 0 Å². The molecule has 2 aromatic rings. The molecule has 140 valence electrons. The van der Waals surface area contributed by atoms with Crippen LogP contribution in [0.4, 0.5) is 17.1 Å². The third kappa shape index (κ3) is 3.67. The lowest BCUT2D eigenvalue weighted by molar-refractivity contribution is -0.385. The Bertz CT molecular complexity index is 939. The lowest BCUT2D eigenvalue weighted by Gasteiger charge is -2.20. The average Bonchev–Trinajstić information content (AvgIpc) is 3.00. The summed E-state index contributed by atoms with van der Waals surface area (Å²) < 4.78 is 0. The molecule has 3 rings (SSSR count). The van der Waals surface area contributed by atoms with Crippen LogP contribution in [0.2, 0.25) is 0 Å². The number of rotatable bonds is 4. The molecule has 7 heteroatoms. The Labute approximate surface area is 157 Å². The first-order chi connectivity index (χ1) is 12.8. The van der Waals surface area contributed by atoms with Gasteiger partial charge in [-0.15, -0.1) is 0 Å². The van der Waals surface area contributed by atoms with Gasteiger partial charge in [0.15, 0.2) is 0 Å². The lowest BCUT2D eigenvalue weighted by Crippen LogP contribution is -2.28. The van der Waals surface area contributed by atoms with E-state index < -0.39 is 10.8 Å². The molecule has 0 aliphatic carbocycles. The zero-order valence-electron chi connectivity index (χ0n) is 15.5. The number of anilines is 2. The van der Waals surface area contributed by atoms with Crippen molar-refractivity contribution in [2.75, 3.05) is 16.8 Å². The van der Waals surface area contributed by atoms with E-state index in [-0.39, 0.29) is 23.9 Å². The SMILES string of the molecule is Cc1ccc(NC(=O)C2CC(=O)N(c3cccc(C)c3C)C2)cc1[N+](=O)[O-]. The smallest absolute Gasteiger partial charge is 0.274 e. The molecule has 1 atom stereocenters. The minimum atomic E-state index is -0.502. The Balaban J connectivity index is 1.76. The van der Waals surface area contributed by atoms with Crippen molar-refractivity contribution in [1.82, 2.24) is 0 Å². The molecule has 0 saturated carbocycles. The molecule has 2 amide bonds. The number of nitrogens with zero attached hydrogens (tertiary/aromatic N) is 2. The Morgan fingerprint density at radius 1 is 1.19 bits per heavy atom. The van der Waals surface area contributed by atoms with Gasteiger partial charge in [-0.05, 0) is 44.0 Å². The number of carbonyl (C=O) groups is 2. The Hall–Kier alpha value is -3.22. The van der Waals surface area contributed by atoms with E-state index in [1.807, 2.05) is 32.0 Å². The highest BCUT2D eigenvalue weighted by molar-refractivity contribution is 6.04. The molecule has 1 aliphatic rings. The molecule has 0 bridgehead atoms. The van der Waals surface area contributed by atoms with Crippen LogP contribution in [0.3, 0.4) is 0 Å². The van der Waals surface area contributed by atoms with Crippen molar-refractivity contribution in [2.24, 2.45) is 5.92 Å². The van der Waals surface area contributed by atoms with Gasteiger partial charge < -0.3 is 10.2 Å². The monoisotopic (exact) mass is 367 g/mol. The molecule has 2 aromatic carbocycles. The van der Waals surface area contributed by atoms with Gasteiger partial charge in [0.1, 0.15) is 0 Å². The van der Waals surface area contributed by atoms with E-state index in [0.29, 0.717) is 17.8 Å². The fourth-order valence-corrected chi connectivity index (χ4v) is 3.27. The Morgan fingerprint density at radius 3 is 2.63 bits per heavy atom. The number of hydrogen-bond acceptors (Lipinski definition) is 4. The minimum absolute atomic E-state index is 0.0488. The van der Waals surface area contributed by atoms with Gasteiger partial charge in [0.25, 0.3) is 5.69 Å². The second-order valence-corrected chi connectivity index (χ2v) is 6.87. The van der Waals surface area contributed by atoms with Crippen LogP contribution in [-0.4, -0.2) is 23.3 Å². The molecule has 1 N–H and O–H groups in total. The maximum atomic E-state index is 12.6. The number of amides is 2. The topological polar surface area (TPSA) is 92.6 Å². The van der Waals surface area contributed by atoms with Crippen molar-refractivity contribution in [3.05, 3.63) is 63.2 Å². The van der Waals surface area contributed by atoms with E-state index in [2.05, 4.69) is 5.32 Å². The summed E-state index contributed by atoms with van der Waals surface area (Å²) in [5.74, 6) is -0.911. The summed E-state index contributed by atoms with van der Waals surface area (Å²) in [5.41, 5.74) is 3.75. The zero-order chi connectivity index (χ0) is 19.7. The minimum Gasteiger partial charge on any atom is -0.326 e. The molecule has 0 spiro atoms. The molecule has 7 nitrogen and oxygen atoms in total. The van der Waals surface area contributed by atoms with Gasteiger partial charge in [0.05, 0.1) is 10.8 Å². The molecule has 1 saturated heterocycles. The molecule has 1 heterocycles. The quantitative estimate of drug-likeness (QED) is 0.661. The van der Waals surface area contributed by atoms with Crippen LogP contribution in [0.1, 0.15) is 23.1 Å². The molecule has 0 aromatic heterocycles. The van der Waals surface area contributed by atoms with Crippen LogP contribution < -0.4 is 10.2 Å². The number of nitro benzene ring substituents is 1. The van der Waals surface area contributed by atoms with E-state index >= 15 is 0 Å². The van der Waals surface area contributed by atoms with Crippen molar-refractivity contribution in [2.45, 2.75) is 27.2 Å². The number of hydrogen-bond donors (Lipinski definition) is 1. The summed E-state index contributed by atoms with van der Waals surface area (Å²) in [6.07, 6.45) is 0.118. The molecular weight excluding hydrogens is 346 g/mol. The van der Waals surface area contributed by atoms with Crippen LogP contribution in [0.5, 0.6) is 0 Å². The highest BCUT2D eigenvalue weighted by Crippen LogP contribution is 2.30. The third-order valence-corrected chi connectivity index (χ3v) is 5.04. The summed E-state index contributed by atoms with van der Waals surface area (Å²) in [6, 6.07) is 10.3. The summed E-state index contributed by atoms with van der Waals surface area (Å²) in [4.78, 5) is 37.3. The second kappa shape index (κ2) is 7.19. The van der Waals surface area contributed by atoms with Gasteiger partial charge in [0, 0.05) is 36.0 Å². The van der Waals surface area contributed by atoms with Gasteiger partial charge in [-0.25, -0.2) is 0 Å². The number of nitro groups is 1. The maximum absolute atomic E-state index is 12.6. The molecule has 1 fully saturated rings. The van der Waals surface area contributed by atoms with Crippen molar-refractivity contribution >= 4 is 28.9 Å². The highest BCUT2D eigenvalue weighted by atomic mass is 16.6. The summed E-state index contributed by atoms with van der Waals surface area (Å²) in [7, 11) is 0. The van der Waals surface area contributed by atoms with E-state index in [0.717, 1.165) is 16.8 Å². The molecular formula is C20H21N3O4. The number of nitrogens with one attached hydrogen (secondary N) is 1. The summed E-state index contributed by atoms with van der Waals surface area (Å²) >= 11 is 0.